The van der Waals surface area contributed by atoms with Gasteiger partial charge in [-0.15, -0.1) is 0 Å². The Morgan fingerprint density at radius 2 is 1.24 bits per heavy atom. The van der Waals surface area contributed by atoms with Gasteiger partial charge in [-0.1, -0.05) is 5.11 Å². The summed E-state index contributed by atoms with van der Waals surface area (Å²) in [7, 11) is 1.00. The Morgan fingerprint density at radius 3 is 1.53 bits per heavy atom. The lowest BCUT2D eigenvalue weighted by Gasteiger charge is -2.57. The van der Waals surface area contributed by atoms with E-state index in [0.717, 1.165) is 59.0 Å². The van der Waals surface area contributed by atoms with Crippen LogP contribution in [0.4, 0.5) is 9.59 Å². The first kappa shape index (κ1) is 28.0. The van der Waals surface area contributed by atoms with Gasteiger partial charge in [0.05, 0.1) is 0 Å². The van der Waals surface area contributed by atoms with Gasteiger partial charge in [0.1, 0.15) is 11.2 Å². The number of ether oxygens (including phenoxy) is 2. The van der Waals surface area contributed by atoms with E-state index >= 15 is 0 Å². The first-order valence-electron chi connectivity index (χ1n) is 11.8. The molecule has 11 nitrogen and oxygen atoms in total. The van der Waals surface area contributed by atoms with E-state index in [1.807, 2.05) is 41.5 Å². The molecule has 0 atom stereocenters. The highest BCUT2D eigenvalue weighted by Gasteiger charge is 2.54. The molecule has 2 aliphatic heterocycles. The zero-order valence-corrected chi connectivity index (χ0v) is 21.7. The van der Waals surface area contributed by atoms with Crippen LogP contribution in [0.25, 0.3) is 10.4 Å². The molecule has 0 bridgehead atoms. The van der Waals surface area contributed by atoms with Gasteiger partial charge in [0, 0.05) is 61.1 Å². The molecule has 0 unspecified atom stereocenters. The molecule has 3 N–H and O–H groups in total. The second-order valence-electron chi connectivity index (χ2n) is 12.1. The van der Waals surface area contributed by atoms with Crippen molar-refractivity contribution in [3.05, 3.63) is 10.4 Å². The summed E-state index contributed by atoms with van der Waals surface area (Å²) in [6.45, 7) is 14.4. The number of azide groups is 1. The van der Waals surface area contributed by atoms with Gasteiger partial charge in [0.15, 0.2) is 0 Å². The molecular formula is C23H42N6O5. The average molecular weight is 483 g/mol. The van der Waals surface area contributed by atoms with Crippen LogP contribution in [-0.4, -0.2) is 83.7 Å². The monoisotopic (exact) mass is 482 g/mol. The number of carbonyl (C=O) groups excluding carboxylic acids is 2. The van der Waals surface area contributed by atoms with Gasteiger partial charge in [0.2, 0.25) is 0 Å². The van der Waals surface area contributed by atoms with Crippen LogP contribution < -0.4 is 5.73 Å². The second-order valence-corrected chi connectivity index (χ2v) is 12.1. The number of aliphatic hydroxyl groups excluding tert-OH is 1. The van der Waals surface area contributed by atoms with Crippen molar-refractivity contribution in [1.29, 1.82) is 0 Å². The second kappa shape index (κ2) is 10.2. The maximum atomic E-state index is 11.7. The molecule has 194 valence electrons. The van der Waals surface area contributed by atoms with Crippen LogP contribution in [0.1, 0.15) is 67.2 Å². The number of carbonyl (C=O) groups is 2. The first-order valence-corrected chi connectivity index (χ1v) is 11.8. The minimum atomic E-state index is -0.437. The van der Waals surface area contributed by atoms with E-state index in [1.165, 1.54) is 0 Å². The zero-order valence-electron chi connectivity index (χ0n) is 21.7. The number of rotatable bonds is 1. The van der Waals surface area contributed by atoms with Crippen molar-refractivity contribution in [3.63, 3.8) is 0 Å². The predicted molar refractivity (Wildman–Crippen MR) is 128 cm³/mol. The van der Waals surface area contributed by atoms with Gasteiger partial charge in [-0.3, -0.25) is 0 Å². The lowest BCUT2D eigenvalue weighted by molar-refractivity contribution is -0.0770. The maximum Gasteiger partial charge on any atom is 0.410 e. The standard InChI is InChI=1S/C11H18N4O2.C11H20N2O2.CH4O/c1-10(2,3)17-9(16)15-6-11(7-15)4-8(5-11)13-14-12;1-10(2,3)15-9(14)13-6-11(7-13)4-8(12)5-11;1-2/h8H,4-7H2,1-3H3;8H,4-7,12H2,1-3H3;2H,1H3. The van der Waals surface area contributed by atoms with E-state index in [1.54, 1.807) is 9.80 Å². The Labute approximate surface area is 202 Å². The number of hydrogen-bond acceptors (Lipinski definition) is 7. The van der Waals surface area contributed by atoms with E-state index in [2.05, 4.69) is 10.0 Å². The van der Waals surface area contributed by atoms with Crippen molar-refractivity contribution in [2.75, 3.05) is 33.3 Å². The molecule has 4 fully saturated rings. The summed E-state index contributed by atoms with van der Waals surface area (Å²) in [5, 5.41) is 10.7. The fraction of sp³-hybridized carbons (Fsp3) is 0.913. The third-order valence-electron chi connectivity index (χ3n) is 6.35. The summed E-state index contributed by atoms with van der Waals surface area (Å²) in [6, 6.07) is 0.478. The van der Waals surface area contributed by atoms with Crippen molar-refractivity contribution in [2.24, 2.45) is 21.7 Å². The topological polar surface area (TPSA) is 154 Å². The summed E-state index contributed by atoms with van der Waals surface area (Å²) in [5.41, 5.74) is 13.8. The van der Waals surface area contributed by atoms with Crippen LogP contribution in [0.15, 0.2) is 5.11 Å². The normalized spacial score (nSPS) is 22.3. The Hall–Kier alpha value is -2.23. The lowest BCUT2D eigenvalue weighted by atomic mass is 9.61. The molecule has 0 radical (unpaired) electrons. The number of amides is 2. The Kier molecular flexibility index (Phi) is 8.38. The van der Waals surface area contributed by atoms with E-state index in [-0.39, 0.29) is 23.6 Å². The Morgan fingerprint density at radius 1 is 0.882 bits per heavy atom. The minimum Gasteiger partial charge on any atom is -0.444 e. The van der Waals surface area contributed by atoms with Crippen molar-refractivity contribution < 1.29 is 24.2 Å². The molecule has 2 heterocycles. The van der Waals surface area contributed by atoms with Gasteiger partial charge in [-0.25, -0.2) is 9.59 Å². The molecule has 4 rings (SSSR count). The van der Waals surface area contributed by atoms with Gasteiger partial charge in [0.25, 0.3) is 0 Å². The molecule has 34 heavy (non-hydrogen) atoms. The van der Waals surface area contributed by atoms with Crippen LogP contribution in [-0.2, 0) is 9.47 Å². The van der Waals surface area contributed by atoms with Crippen LogP contribution in [0.2, 0.25) is 0 Å². The minimum absolute atomic E-state index is 0.126. The van der Waals surface area contributed by atoms with E-state index in [9.17, 15) is 9.59 Å². The largest absolute Gasteiger partial charge is 0.444 e. The summed E-state index contributed by atoms with van der Waals surface area (Å²) < 4.78 is 10.6. The fourth-order valence-corrected chi connectivity index (χ4v) is 5.10. The molecule has 2 aliphatic carbocycles. The SMILES string of the molecule is CC(C)(C)OC(=O)N1CC2(CC(N)C2)C1.CC(C)(C)OC(=O)N1CC2(CC(N=[N+]=[N-])C2)C1.CO. The van der Waals surface area contributed by atoms with E-state index < -0.39 is 11.2 Å². The molecule has 0 aromatic heterocycles. The number of aliphatic hydroxyl groups is 1. The predicted octanol–water partition coefficient (Wildman–Crippen LogP) is 3.65. The van der Waals surface area contributed by atoms with Gasteiger partial charge >= 0.3 is 12.2 Å². The fourth-order valence-electron chi connectivity index (χ4n) is 5.10. The molecule has 0 aromatic carbocycles. The van der Waals surface area contributed by atoms with Crippen LogP contribution in [0.5, 0.6) is 0 Å². The van der Waals surface area contributed by atoms with E-state index in [4.69, 9.17) is 25.8 Å². The van der Waals surface area contributed by atoms with Crippen molar-refractivity contribution >= 4 is 12.2 Å². The molecule has 11 heteroatoms. The Bertz CT molecular complexity index is 771. The van der Waals surface area contributed by atoms with Gasteiger partial charge < -0.3 is 30.1 Å². The molecule has 2 saturated carbocycles. The lowest BCUT2D eigenvalue weighted by Crippen LogP contribution is -2.66. The van der Waals surface area contributed by atoms with E-state index in [0.29, 0.717) is 11.5 Å². The number of nitrogens with zero attached hydrogens (tertiary/aromatic N) is 5. The molecule has 0 aromatic rings. The van der Waals surface area contributed by atoms with Gasteiger partial charge in [-0.2, -0.15) is 0 Å². The highest BCUT2D eigenvalue weighted by Crippen LogP contribution is 2.50. The first-order chi connectivity index (χ1) is 15.6. The van der Waals surface area contributed by atoms with Crippen LogP contribution >= 0.6 is 0 Å². The molecule has 4 aliphatic rings. The summed E-state index contributed by atoms with van der Waals surface area (Å²) in [4.78, 5) is 29.6. The number of likely N-dealkylation sites (tertiary alicyclic amines) is 2. The smallest absolute Gasteiger partial charge is 0.410 e. The highest BCUT2D eigenvalue weighted by atomic mass is 16.6. The van der Waals surface area contributed by atoms with Crippen molar-refractivity contribution in [3.8, 4) is 0 Å². The number of hydrogen-bond donors (Lipinski definition) is 2. The highest BCUT2D eigenvalue weighted by molar-refractivity contribution is 5.70. The van der Waals surface area contributed by atoms with Crippen LogP contribution in [0.3, 0.4) is 0 Å². The maximum absolute atomic E-state index is 11.7. The third-order valence-corrected chi connectivity index (χ3v) is 6.35. The molecule has 2 amide bonds. The quantitative estimate of drug-likeness (QED) is 0.330. The van der Waals surface area contributed by atoms with Crippen molar-refractivity contribution in [1.82, 2.24) is 9.80 Å². The average Bonchev–Trinajstić information content (AvgIpc) is 2.56. The number of nitrogens with two attached hydrogens (primary N) is 1. The summed E-state index contributed by atoms with van der Waals surface area (Å²) >= 11 is 0. The van der Waals surface area contributed by atoms with Gasteiger partial charge in [-0.05, 0) is 72.8 Å². The Balaban J connectivity index is 0.000000225. The summed E-state index contributed by atoms with van der Waals surface area (Å²) in [6.07, 6.45) is 3.50. The zero-order chi connectivity index (χ0) is 25.9. The van der Waals surface area contributed by atoms with Crippen LogP contribution in [0, 0.1) is 10.8 Å². The molecule has 2 saturated heterocycles. The molecular weight excluding hydrogens is 440 g/mol. The third kappa shape index (κ3) is 7.13. The van der Waals surface area contributed by atoms with Crippen molar-refractivity contribution in [2.45, 2.75) is 90.5 Å². The molecule has 2 spiro atoms. The summed E-state index contributed by atoms with van der Waals surface area (Å²) in [5.74, 6) is 0.